The Morgan fingerprint density at radius 2 is 1.95 bits per heavy atom. The Labute approximate surface area is 122 Å². The van der Waals surface area contributed by atoms with Gasteiger partial charge in [0.15, 0.2) is 0 Å². The van der Waals surface area contributed by atoms with Crippen LogP contribution in [0, 0.1) is 5.92 Å². The molecule has 0 saturated carbocycles. The number of nitrogens with zero attached hydrogens (tertiary/aromatic N) is 1. The number of ether oxygens (including phenoxy) is 1. The average molecular weight is 280 g/mol. The number of hydrogen-bond acceptors (Lipinski definition) is 3. The summed E-state index contributed by atoms with van der Waals surface area (Å²) in [5, 5.41) is 3.67. The van der Waals surface area contributed by atoms with Crippen LogP contribution in [0.4, 0.5) is 0 Å². The van der Waals surface area contributed by atoms with Crippen molar-refractivity contribution in [3.05, 3.63) is 0 Å². The van der Waals surface area contributed by atoms with Crippen molar-refractivity contribution >= 4 is 5.91 Å². The fourth-order valence-electron chi connectivity index (χ4n) is 4.26. The van der Waals surface area contributed by atoms with Gasteiger partial charge in [0.25, 0.3) is 0 Å². The normalized spacial score (nSPS) is 40.0. The minimum Gasteiger partial charge on any atom is -0.378 e. The third kappa shape index (κ3) is 2.73. The first kappa shape index (κ1) is 14.3. The number of fused-ring (bicyclic) bond motifs is 2. The van der Waals surface area contributed by atoms with Crippen molar-refractivity contribution in [3.8, 4) is 0 Å². The SMILES string of the molecule is CCCN(C(=O)C1CCOC1C)C1CC2CCC(C1)N2. The van der Waals surface area contributed by atoms with Crippen LogP contribution in [0.25, 0.3) is 0 Å². The van der Waals surface area contributed by atoms with E-state index in [1.165, 1.54) is 12.8 Å². The van der Waals surface area contributed by atoms with Gasteiger partial charge >= 0.3 is 0 Å². The molecule has 2 bridgehead atoms. The van der Waals surface area contributed by atoms with Gasteiger partial charge < -0.3 is 15.0 Å². The van der Waals surface area contributed by atoms with E-state index < -0.39 is 0 Å². The molecule has 1 N–H and O–H groups in total. The molecule has 0 aromatic heterocycles. The fraction of sp³-hybridized carbons (Fsp3) is 0.938. The average Bonchev–Trinajstić information content (AvgIpc) is 3.01. The summed E-state index contributed by atoms with van der Waals surface area (Å²) in [6.07, 6.45) is 6.91. The van der Waals surface area contributed by atoms with Crippen LogP contribution in [-0.4, -0.2) is 48.2 Å². The second kappa shape index (κ2) is 6.02. The van der Waals surface area contributed by atoms with Gasteiger partial charge in [-0.3, -0.25) is 4.79 Å². The highest BCUT2D eigenvalue weighted by Gasteiger charge is 2.40. The molecule has 1 amide bonds. The van der Waals surface area contributed by atoms with E-state index >= 15 is 0 Å². The molecule has 4 unspecified atom stereocenters. The highest BCUT2D eigenvalue weighted by atomic mass is 16.5. The number of piperidine rings is 1. The largest absolute Gasteiger partial charge is 0.378 e. The number of rotatable bonds is 4. The first-order valence-electron chi connectivity index (χ1n) is 8.37. The van der Waals surface area contributed by atoms with Gasteiger partial charge in [0.2, 0.25) is 5.91 Å². The van der Waals surface area contributed by atoms with Gasteiger partial charge in [0, 0.05) is 31.3 Å². The minimum absolute atomic E-state index is 0.0917. The maximum Gasteiger partial charge on any atom is 0.228 e. The molecule has 0 aliphatic carbocycles. The third-order valence-corrected chi connectivity index (χ3v) is 5.33. The number of carbonyl (C=O) groups is 1. The Kier molecular flexibility index (Phi) is 4.32. The number of amides is 1. The Balaban J connectivity index is 1.69. The van der Waals surface area contributed by atoms with Crippen LogP contribution in [0.1, 0.15) is 52.4 Å². The molecule has 0 aromatic rings. The van der Waals surface area contributed by atoms with Gasteiger partial charge in [-0.15, -0.1) is 0 Å². The topological polar surface area (TPSA) is 41.6 Å². The van der Waals surface area contributed by atoms with Gasteiger partial charge in [-0.1, -0.05) is 6.92 Å². The monoisotopic (exact) mass is 280 g/mol. The fourth-order valence-corrected chi connectivity index (χ4v) is 4.26. The molecule has 4 nitrogen and oxygen atoms in total. The van der Waals surface area contributed by atoms with Crippen LogP contribution in [0.15, 0.2) is 0 Å². The summed E-state index contributed by atoms with van der Waals surface area (Å²) in [7, 11) is 0. The molecule has 3 rings (SSSR count). The van der Waals surface area contributed by atoms with Crippen molar-refractivity contribution in [3.63, 3.8) is 0 Å². The Morgan fingerprint density at radius 1 is 1.25 bits per heavy atom. The molecule has 3 aliphatic rings. The molecule has 3 fully saturated rings. The van der Waals surface area contributed by atoms with E-state index in [0.29, 0.717) is 24.0 Å². The van der Waals surface area contributed by atoms with Crippen molar-refractivity contribution in [1.29, 1.82) is 0 Å². The van der Waals surface area contributed by atoms with Crippen LogP contribution >= 0.6 is 0 Å². The van der Waals surface area contributed by atoms with Crippen molar-refractivity contribution in [2.24, 2.45) is 5.92 Å². The standard InChI is InChI=1S/C16H28N2O2/c1-3-7-18(16(19)15-6-8-20-11(15)2)14-9-12-4-5-13(10-14)17-12/h11-15,17H,3-10H2,1-2H3. The van der Waals surface area contributed by atoms with Crippen LogP contribution in [0.2, 0.25) is 0 Å². The van der Waals surface area contributed by atoms with Crippen LogP contribution < -0.4 is 5.32 Å². The van der Waals surface area contributed by atoms with Crippen LogP contribution in [-0.2, 0) is 9.53 Å². The third-order valence-electron chi connectivity index (χ3n) is 5.33. The van der Waals surface area contributed by atoms with E-state index in [-0.39, 0.29) is 12.0 Å². The van der Waals surface area contributed by atoms with E-state index in [1.807, 2.05) is 6.92 Å². The Hall–Kier alpha value is -0.610. The lowest BCUT2D eigenvalue weighted by Crippen LogP contribution is -2.52. The van der Waals surface area contributed by atoms with Crippen molar-refractivity contribution in [2.75, 3.05) is 13.2 Å². The summed E-state index contributed by atoms with van der Waals surface area (Å²) >= 11 is 0. The lowest BCUT2D eigenvalue weighted by molar-refractivity contribution is -0.140. The molecular formula is C16H28N2O2. The second-order valence-corrected chi connectivity index (χ2v) is 6.77. The molecular weight excluding hydrogens is 252 g/mol. The number of carbonyl (C=O) groups excluding carboxylic acids is 1. The zero-order valence-electron chi connectivity index (χ0n) is 12.8. The first-order valence-corrected chi connectivity index (χ1v) is 8.37. The molecule has 0 radical (unpaired) electrons. The highest BCUT2D eigenvalue weighted by Crippen LogP contribution is 2.32. The van der Waals surface area contributed by atoms with E-state index in [1.54, 1.807) is 0 Å². The van der Waals surface area contributed by atoms with Gasteiger partial charge in [-0.25, -0.2) is 0 Å². The molecule has 0 aromatic carbocycles. The molecule has 20 heavy (non-hydrogen) atoms. The molecule has 4 heteroatoms. The van der Waals surface area contributed by atoms with Gasteiger partial charge in [0.05, 0.1) is 12.0 Å². The summed E-state index contributed by atoms with van der Waals surface area (Å²) in [5.74, 6) is 0.442. The van der Waals surface area contributed by atoms with E-state index in [0.717, 1.165) is 38.8 Å². The quantitative estimate of drug-likeness (QED) is 0.855. The zero-order chi connectivity index (χ0) is 14.1. The van der Waals surface area contributed by atoms with Crippen LogP contribution in [0.5, 0.6) is 0 Å². The summed E-state index contributed by atoms with van der Waals surface area (Å²) in [6, 6.07) is 1.74. The Morgan fingerprint density at radius 3 is 2.50 bits per heavy atom. The maximum atomic E-state index is 12.9. The summed E-state index contributed by atoms with van der Waals surface area (Å²) in [6.45, 7) is 5.87. The van der Waals surface area contributed by atoms with Crippen LogP contribution in [0.3, 0.4) is 0 Å². The highest BCUT2D eigenvalue weighted by molar-refractivity contribution is 5.80. The maximum absolute atomic E-state index is 12.9. The minimum atomic E-state index is 0.0917. The van der Waals surface area contributed by atoms with Gasteiger partial charge in [0.1, 0.15) is 0 Å². The number of nitrogens with one attached hydrogen (secondary N) is 1. The lowest BCUT2D eigenvalue weighted by atomic mass is 9.94. The Bertz CT molecular complexity index is 348. The molecule has 3 saturated heterocycles. The second-order valence-electron chi connectivity index (χ2n) is 6.77. The van der Waals surface area contributed by atoms with Gasteiger partial charge in [-0.2, -0.15) is 0 Å². The molecule has 4 atom stereocenters. The van der Waals surface area contributed by atoms with Crippen molar-refractivity contribution in [2.45, 2.75) is 76.6 Å². The van der Waals surface area contributed by atoms with Crippen molar-refractivity contribution < 1.29 is 9.53 Å². The summed E-state index contributed by atoms with van der Waals surface area (Å²) in [5.41, 5.74) is 0. The molecule has 0 spiro atoms. The predicted octanol–water partition coefficient (Wildman–Crippen LogP) is 1.93. The van der Waals surface area contributed by atoms with Crippen molar-refractivity contribution in [1.82, 2.24) is 10.2 Å². The lowest BCUT2D eigenvalue weighted by Gasteiger charge is -2.39. The van der Waals surface area contributed by atoms with E-state index in [9.17, 15) is 4.79 Å². The molecule has 3 heterocycles. The zero-order valence-corrected chi connectivity index (χ0v) is 12.8. The predicted molar refractivity (Wildman–Crippen MR) is 78.5 cm³/mol. The summed E-state index contributed by atoms with van der Waals surface area (Å²) in [4.78, 5) is 15.1. The van der Waals surface area contributed by atoms with Gasteiger partial charge in [-0.05, 0) is 45.4 Å². The summed E-state index contributed by atoms with van der Waals surface area (Å²) < 4.78 is 5.60. The first-order chi connectivity index (χ1) is 9.69. The number of hydrogen-bond donors (Lipinski definition) is 1. The molecule has 114 valence electrons. The van der Waals surface area contributed by atoms with E-state index in [2.05, 4.69) is 17.1 Å². The smallest absolute Gasteiger partial charge is 0.228 e. The van der Waals surface area contributed by atoms with E-state index in [4.69, 9.17) is 4.74 Å². The molecule has 3 aliphatic heterocycles.